The van der Waals surface area contributed by atoms with Crippen molar-refractivity contribution in [2.24, 2.45) is 11.0 Å². The lowest BCUT2D eigenvalue weighted by atomic mass is 10.1. The Labute approximate surface area is 115 Å². The van der Waals surface area contributed by atoms with E-state index < -0.39 is 5.97 Å². The van der Waals surface area contributed by atoms with Crippen molar-refractivity contribution in [2.45, 2.75) is 6.42 Å². The summed E-state index contributed by atoms with van der Waals surface area (Å²) < 4.78 is 4.59. The smallest absolute Gasteiger partial charge is 0.356 e. The average Bonchev–Trinajstić information content (AvgIpc) is 2.85. The summed E-state index contributed by atoms with van der Waals surface area (Å²) in [5, 5.41) is 3.48. The molecule has 1 amide bonds. The second-order valence-corrected chi connectivity index (χ2v) is 4.36. The monoisotopic (exact) mass is 275 g/mol. The largest absolute Gasteiger partial charge is 0.464 e. The van der Waals surface area contributed by atoms with Gasteiger partial charge in [0, 0.05) is 24.4 Å². The summed E-state index contributed by atoms with van der Waals surface area (Å²) in [6.07, 6.45) is 0.309. The molecule has 1 fully saturated rings. The summed E-state index contributed by atoms with van der Waals surface area (Å²) >= 11 is 0. The Kier molecular flexibility index (Phi) is 4.17. The third-order valence-electron chi connectivity index (χ3n) is 3.01. The van der Waals surface area contributed by atoms with E-state index in [1.165, 1.54) is 18.1 Å². The average molecular weight is 275 g/mol. The standard InChI is InChI=1S/C12H13N5O3/c1-20-12(19)9-3-2-4-10(15-9)17-7-8(5-11(17)18)6-14-16-13/h2-4,8H,5-7H2,1H3. The van der Waals surface area contributed by atoms with Crippen LogP contribution < -0.4 is 4.90 Å². The van der Waals surface area contributed by atoms with Gasteiger partial charge in [-0.2, -0.15) is 0 Å². The van der Waals surface area contributed by atoms with Gasteiger partial charge in [0.25, 0.3) is 0 Å². The van der Waals surface area contributed by atoms with Gasteiger partial charge in [-0.25, -0.2) is 9.78 Å². The van der Waals surface area contributed by atoms with Gasteiger partial charge < -0.3 is 4.74 Å². The number of aromatic nitrogens is 1. The van der Waals surface area contributed by atoms with Gasteiger partial charge in [-0.1, -0.05) is 11.2 Å². The van der Waals surface area contributed by atoms with Gasteiger partial charge in [-0.05, 0) is 23.6 Å². The minimum absolute atomic E-state index is 0.0259. The topological polar surface area (TPSA) is 108 Å². The van der Waals surface area contributed by atoms with Gasteiger partial charge in [0.2, 0.25) is 5.91 Å². The van der Waals surface area contributed by atoms with Gasteiger partial charge in [0.05, 0.1) is 7.11 Å². The van der Waals surface area contributed by atoms with Crippen LogP contribution in [0.1, 0.15) is 16.9 Å². The van der Waals surface area contributed by atoms with E-state index in [1.807, 2.05) is 0 Å². The van der Waals surface area contributed by atoms with E-state index in [-0.39, 0.29) is 24.1 Å². The van der Waals surface area contributed by atoms with Crippen LogP contribution >= 0.6 is 0 Å². The van der Waals surface area contributed by atoms with E-state index in [4.69, 9.17) is 5.53 Å². The highest BCUT2D eigenvalue weighted by atomic mass is 16.5. The van der Waals surface area contributed by atoms with E-state index in [9.17, 15) is 9.59 Å². The number of azide groups is 1. The third kappa shape index (κ3) is 2.86. The van der Waals surface area contributed by atoms with Gasteiger partial charge >= 0.3 is 5.97 Å². The fourth-order valence-electron chi connectivity index (χ4n) is 2.07. The molecule has 8 heteroatoms. The Morgan fingerprint density at radius 2 is 2.45 bits per heavy atom. The summed E-state index contributed by atoms with van der Waals surface area (Å²) in [6.45, 7) is 0.699. The van der Waals surface area contributed by atoms with Crippen LogP contribution in [-0.2, 0) is 9.53 Å². The van der Waals surface area contributed by atoms with E-state index in [1.54, 1.807) is 12.1 Å². The number of nitrogens with zero attached hydrogens (tertiary/aromatic N) is 5. The second-order valence-electron chi connectivity index (χ2n) is 4.36. The first kappa shape index (κ1) is 13.8. The highest BCUT2D eigenvalue weighted by Crippen LogP contribution is 2.24. The maximum absolute atomic E-state index is 11.9. The molecule has 20 heavy (non-hydrogen) atoms. The van der Waals surface area contributed by atoms with Crippen molar-refractivity contribution in [1.82, 2.24) is 4.98 Å². The molecule has 0 aromatic carbocycles. The number of hydrogen-bond donors (Lipinski definition) is 0. The number of methoxy groups -OCH3 is 1. The molecule has 1 aromatic rings. The van der Waals surface area contributed by atoms with Crippen molar-refractivity contribution < 1.29 is 14.3 Å². The molecule has 1 saturated heterocycles. The molecule has 1 aliphatic heterocycles. The predicted octanol–water partition coefficient (Wildman–Crippen LogP) is 1.53. The molecule has 2 heterocycles. The van der Waals surface area contributed by atoms with E-state index in [0.717, 1.165) is 0 Å². The summed E-state index contributed by atoms with van der Waals surface area (Å²) in [5.74, 6) is -0.273. The van der Waals surface area contributed by atoms with Gasteiger partial charge in [-0.15, -0.1) is 0 Å². The number of anilines is 1. The molecule has 0 radical (unpaired) electrons. The summed E-state index contributed by atoms with van der Waals surface area (Å²) in [4.78, 5) is 31.7. The summed E-state index contributed by atoms with van der Waals surface area (Å²) in [5.41, 5.74) is 8.45. The molecular formula is C12H13N5O3. The molecule has 0 bridgehead atoms. The summed E-state index contributed by atoms with van der Waals surface area (Å²) in [6, 6.07) is 4.82. The number of ether oxygens (including phenoxy) is 1. The zero-order chi connectivity index (χ0) is 14.5. The molecule has 1 aromatic heterocycles. The van der Waals surface area contributed by atoms with Crippen LogP contribution in [-0.4, -0.2) is 37.1 Å². The lowest BCUT2D eigenvalue weighted by Crippen LogP contribution is -2.26. The molecule has 0 spiro atoms. The van der Waals surface area contributed by atoms with Crippen molar-refractivity contribution >= 4 is 17.7 Å². The lowest BCUT2D eigenvalue weighted by molar-refractivity contribution is -0.117. The fraction of sp³-hybridized carbons (Fsp3) is 0.417. The fourth-order valence-corrected chi connectivity index (χ4v) is 2.07. The number of amides is 1. The molecule has 1 unspecified atom stereocenters. The molecule has 0 N–H and O–H groups in total. The molecule has 0 aliphatic carbocycles. The zero-order valence-corrected chi connectivity index (χ0v) is 10.9. The second kappa shape index (κ2) is 6.03. The number of carbonyl (C=O) groups is 2. The molecule has 1 atom stereocenters. The molecule has 104 valence electrons. The SMILES string of the molecule is COC(=O)c1cccc(N2CC(CN=[N+]=[N-])CC2=O)n1. The lowest BCUT2D eigenvalue weighted by Gasteiger charge is -2.15. The van der Waals surface area contributed by atoms with E-state index in [2.05, 4.69) is 19.7 Å². The zero-order valence-electron chi connectivity index (χ0n) is 10.9. The number of pyridine rings is 1. The van der Waals surface area contributed by atoms with E-state index >= 15 is 0 Å². The van der Waals surface area contributed by atoms with Gasteiger partial charge in [0.15, 0.2) is 5.69 Å². The van der Waals surface area contributed by atoms with Crippen molar-refractivity contribution in [3.8, 4) is 0 Å². The van der Waals surface area contributed by atoms with Crippen LogP contribution in [0.5, 0.6) is 0 Å². The minimum atomic E-state index is -0.552. The first-order chi connectivity index (χ1) is 9.65. The number of carbonyl (C=O) groups excluding carboxylic acids is 2. The van der Waals surface area contributed by atoms with Crippen LogP contribution in [0.3, 0.4) is 0 Å². The highest BCUT2D eigenvalue weighted by Gasteiger charge is 2.31. The highest BCUT2D eigenvalue weighted by molar-refractivity contribution is 5.95. The normalized spacial score (nSPS) is 17.8. The number of esters is 1. The van der Waals surface area contributed by atoms with Crippen molar-refractivity contribution in [3.05, 3.63) is 34.3 Å². The van der Waals surface area contributed by atoms with Crippen molar-refractivity contribution in [2.75, 3.05) is 25.1 Å². The molecule has 2 rings (SSSR count). The Morgan fingerprint density at radius 3 is 3.15 bits per heavy atom. The van der Waals surface area contributed by atoms with Crippen LogP contribution in [0.2, 0.25) is 0 Å². The first-order valence-corrected chi connectivity index (χ1v) is 6.02. The Hall–Kier alpha value is -2.60. The van der Waals surface area contributed by atoms with Crippen molar-refractivity contribution in [3.63, 3.8) is 0 Å². The molecular weight excluding hydrogens is 262 g/mol. The first-order valence-electron chi connectivity index (χ1n) is 6.02. The number of rotatable bonds is 4. The Morgan fingerprint density at radius 1 is 1.65 bits per heavy atom. The van der Waals surface area contributed by atoms with Crippen LogP contribution in [0.25, 0.3) is 10.4 Å². The maximum atomic E-state index is 11.9. The molecule has 8 nitrogen and oxygen atoms in total. The minimum Gasteiger partial charge on any atom is -0.464 e. The van der Waals surface area contributed by atoms with Gasteiger partial charge in [-0.3, -0.25) is 9.69 Å². The van der Waals surface area contributed by atoms with Gasteiger partial charge in [0.1, 0.15) is 5.82 Å². The Bertz CT molecular complexity index is 582. The number of hydrogen-bond acceptors (Lipinski definition) is 5. The van der Waals surface area contributed by atoms with E-state index in [0.29, 0.717) is 18.8 Å². The quantitative estimate of drug-likeness (QED) is 0.359. The molecule has 0 saturated carbocycles. The van der Waals surface area contributed by atoms with Crippen LogP contribution in [0.4, 0.5) is 5.82 Å². The maximum Gasteiger partial charge on any atom is 0.356 e. The Balaban J connectivity index is 2.17. The molecule has 1 aliphatic rings. The van der Waals surface area contributed by atoms with Crippen LogP contribution in [0.15, 0.2) is 23.3 Å². The third-order valence-corrected chi connectivity index (χ3v) is 3.01. The predicted molar refractivity (Wildman–Crippen MR) is 70.0 cm³/mol. The van der Waals surface area contributed by atoms with Crippen molar-refractivity contribution in [1.29, 1.82) is 0 Å². The summed E-state index contributed by atoms with van der Waals surface area (Å²) in [7, 11) is 1.27. The van der Waals surface area contributed by atoms with Crippen LogP contribution in [0, 0.1) is 5.92 Å².